The van der Waals surface area contributed by atoms with Crippen LogP contribution in [-0.2, 0) is 12.8 Å². The smallest absolute Gasteiger partial charge is 0.128 e. The van der Waals surface area contributed by atoms with Crippen LogP contribution in [0.3, 0.4) is 0 Å². The lowest BCUT2D eigenvalue weighted by Crippen LogP contribution is -2.34. The Morgan fingerprint density at radius 2 is 0.774 bits per heavy atom. The quantitative estimate of drug-likeness (QED) is 0.138. The van der Waals surface area contributed by atoms with Crippen LogP contribution < -0.4 is 9.47 Å². The Labute approximate surface area is 314 Å². The van der Waals surface area contributed by atoms with E-state index < -0.39 is 11.2 Å². The van der Waals surface area contributed by atoms with E-state index in [9.17, 15) is 5.11 Å². The van der Waals surface area contributed by atoms with Gasteiger partial charge in [-0.15, -0.1) is 0 Å². The van der Waals surface area contributed by atoms with E-state index in [0.29, 0.717) is 12.8 Å². The number of ether oxygens (including phenoxy) is 2. The van der Waals surface area contributed by atoms with Crippen LogP contribution in [0.25, 0.3) is 44.5 Å². The van der Waals surface area contributed by atoms with Gasteiger partial charge in [0, 0.05) is 29.5 Å². The molecule has 0 aliphatic rings. The van der Waals surface area contributed by atoms with Crippen LogP contribution in [0.4, 0.5) is 0 Å². The number of hydrogen-bond donors (Lipinski definition) is 1. The Kier molecular flexibility index (Phi) is 10.2. The topological polar surface area (TPSA) is 38.7 Å². The Morgan fingerprint density at radius 3 is 1.21 bits per heavy atom. The minimum Gasteiger partial charge on any atom is -0.508 e. The molecule has 7 rings (SSSR count). The third-order valence-corrected chi connectivity index (χ3v) is 9.59. The van der Waals surface area contributed by atoms with E-state index in [2.05, 4.69) is 161 Å². The summed E-state index contributed by atoms with van der Waals surface area (Å²) in [4.78, 5) is 0. The fourth-order valence-corrected chi connectivity index (χ4v) is 7.30. The van der Waals surface area contributed by atoms with Crippen molar-refractivity contribution in [3.8, 4) is 61.8 Å². The molecule has 0 heterocycles. The van der Waals surface area contributed by atoms with Crippen molar-refractivity contribution < 1.29 is 14.6 Å². The van der Waals surface area contributed by atoms with E-state index in [1.54, 1.807) is 6.07 Å². The molecule has 0 aliphatic carbocycles. The third-order valence-electron chi connectivity index (χ3n) is 9.59. The number of phenols is 1. The Bertz CT molecular complexity index is 2280. The van der Waals surface area contributed by atoms with Crippen molar-refractivity contribution in [1.29, 1.82) is 0 Å². The Hall–Kier alpha value is -6.06. The van der Waals surface area contributed by atoms with Crippen LogP contribution >= 0.6 is 0 Å². The minimum absolute atomic E-state index is 0.257. The van der Waals surface area contributed by atoms with Crippen molar-refractivity contribution in [2.24, 2.45) is 0 Å². The van der Waals surface area contributed by atoms with Crippen molar-refractivity contribution in [2.45, 2.75) is 51.7 Å². The highest BCUT2D eigenvalue weighted by atomic mass is 16.5. The standard InChI is InChI=1S/C50H46O3/c1-49(2,52-45-32-18-29-41(36-20-9-5-10-21-36)47(45)38-24-13-7-14-25-38)34-40-28-17-31-44(51)43(40)35-50(3,4)53-46-33-19-30-42(37-22-11-6-12-23-37)48(46)39-26-15-8-16-27-39/h5-33,51H,34-35H2,1-4H3. The lowest BCUT2D eigenvalue weighted by molar-refractivity contribution is 0.103. The van der Waals surface area contributed by atoms with E-state index in [4.69, 9.17) is 9.47 Å². The molecule has 3 heteroatoms. The number of benzene rings is 7. The van der Waals surface area contributed by atoms with Gasteiger partial charge >= 0.3 is 0 Å². The van der Waals surface area contributed by atoms with Crippen molar-refractivity contribution >= 4 is 0 Å². The summed E-state index contributed by atoms with van der Waals surface area (Å²) in [6.07, 6.45) is 1.07. The molecule has 1 N–H and O–H groups in total. The van der Waals surface area contributed by atoms with Crippen molar-refractivity contribution in [1.82, 2.24) is 0 Å². The second kappa shape index (κ2) is 15.3. The summed E-state index contributed by atoms with van der Waals surface area (Å²) in [5, 5.41) is 11.4. The van der Waals surface area contributed by atoms with Crippen LogP contribution in [-0.4, -0.2) is 16.3 Å². The second-order valence-electron chi connectivity index (χ2n) is 14.8. The second-order valence-corrected chi connectivity index (χ2v) is 14.8. The predicted octanol–water partition coefficient (Wildman–Crippen LogP) is 12.9. The molecule has 0 aromatic heterocycles. The SMILES string of the molecule is CC(C)(Cc1cccc(O)c1CC(C)(C)Oc1cccc(-c2ccccc2)c1-c1ccccc1)Oc1cccc(-c2ccccc2)c1-c1ccccc1. The first-order chi connectivity index (χ1) is 25.7. The molecule has 0 bridgehead atoms. The zero-order valence-corrected chi connectivity index (χ0v) is 30.9. The molecule has 7 aromatic rings. The first-order valence-corrected chi connectivity index (χ1v) is 18.3. The lowest BCUT2D eigenvalue weighted by Gasteiger charge is -2.32. The van der Waals surface area contributed by atoms with Crippen LogP contribution in [0.5, 0.6) is 17.2 Å². The van der Waals surface area contributed by atoms with Gasteiger partial charge in [0.05, 0.1) is 0 Å². The van der Waals surface area contributed by atoms with Crippen LogP contribution in [0.15, 0.2) is 176 Å². The van der Waals surface area contributed by atoms with E-state index in [1.165, 1.54) is 0 Å². The molecular formula is C50H46O3. The van der Waals surface area contributed by atoms with E-state index >= 15 is 0 Å². The number of aromatic hydroxyl groups is 1. The Balaban J connectivity index is 1.20. The molecule has 0 saturated heterocycles. The van der Waals surface area contributed by atoms with Gasteiger partial charge in [-0.05, 0) is 84.8 Å². The monoisotopic (exact) mass is 694 g/mol. The van der Waals surface area contributed by atoms with Gasteiger partial charge in [0.1, 0.15) is 28.5 Å². The van der Waals surface area contributed by atoms with Gasteiger partial charge in [-0.3, -0.25) is 0 Å². The predicted molar refractivity (Wildman–Crippen MR) is 220 cm³/mol. The largest absolute Gasteiger partial charge is 0.508 e. The molecule has 0 radical (unpaired) electrons. The molecule has 0 spiro atoms. The van der Waals surface area contributed by atoms with E-state index in [0.717, 1.165) is 67.1 Å². The molecule has 0 amide bonds. The molecule has 0 saturated carbocycles. The summed E-state index contributed by atoms with van der Waals surface area (Å²) in [6, 6.07) is 60.1. The number of phenolic OH excluding ortho intramolecular Hbond substituents is 1. The molecule has 0 fully saturated rings. The number of hydrogen-bond acceptors (Lipinski definition) is 3. The maximum Gasteiger partial charge on any atom is 0.128 e. The summed E-state index contributed by atoms with van der Waals surface area (Å²) < 4.78 is 13.9. The molecular weight excluding hydrogens is 649 g/mol. The normalized spacial score (nSPS) is 11.6. The van der Waals surface area contributed by atoms with Crippen molar-refractivity contribution in [3.63, 3.8) is 0 Å². The third kappa shape index (κ3) is 8.21. The molecule has 0 aliphatic heterocycles. The summed E-state index contributed by atoms with van der Waals surface area (Å²) >= 11 is 0. The van der Waals surface area contributed by atoms with Gasteiger partial charge in [-0.25, -0.2) is 0 Å². The molecule has 7 aromatic carbocycles. The number of rotatable bonds is 12. The van der Waals surface area contributed by atoms with Crippen LogP contribution in [0, 0.1) is 0 Å². The van der Waals surface area contributed by atoms with Gasteiger partial charge in [-0.1, -0.05) is 158 Å². The zero-order valence-electron chi connectivity index (χ0n) is 30.9. The van der Waals surface area contributed by atoms with Gasteiger partial charge in [0.15, 0.2) is 0 Å². The average molecular weight is 695 g/mol. The van der Waals surface area contributed by atoms with Gasteiger partial charge < -0.3 is 14.6 Å². The van der Waals surface area contributed by atoms with Crippen LogP contribution in [0.2, 0.25) is 0 Å². The maximum absolute atomic E-state index is 11.4. The highest BCUT2D eigenvalue weighted by molar-refractivity contribution is 5.88. The minimum atomic E-state index is -0.665. The summed E-state index contributed by atoms with van der Waals surface area (Å²) in [5.74, 6) is 1.88. The van der Waals surface area contributed by atoms with Gasteiger partial charge in [-0.2, -0.15) is 0 Å². The van der Waals surface area contributed by atoms with Crippen molar-refractivity contribution in [2.75, 3.05) is 0 Å². The van der Waals surface area contributed by atoms with Crippen LogP contribution in [0.1, 0.15) is 38.8 Å². The fourth-order valence-electron chi connectivity index (χ4n) is 7.30. The highest BCUT2D eigenvalue weighted by Gasteiger charge is 2.30. The maximum atomic E-state index is 11.4. The van der Waals surface area contributed by atoms with Gasteiger partial charge in [0.2, 0.25) is 0 Å². The molecule has 0 atom stereocenters. The molecule has 53 heavy (non-hydrogen) atoms. The molecule has 3 nitrogen and oxygen atoms in total. The Morgan fingerprint density at radius 1 is 0.396 bits per heavy atom. The summed E-state index contributed by atoms with van der Waals surface area (Å²) in [6.45, 7) is 8.42. The lowest BCUT2D eigenvalue weighted by atomic mass is 9.88. The van der Waals surface area contributed by atoms with Crippen molar-refractivity contribution in [3.05, 3.63) is 187 Å². The van der Waals surface area contributed by atoms with E-state index in [-0.39, 0.29) is 5.75 Å². The summed E-state index contributed by atoms with van der Waals surface area (Å²) in [5.41, 5.74) is 9.39. The highest BCUT2D eigenvalue weighted by Crippen LogP contribution is 2.43. The first-order valence-electron chi connectivity index (χ1n) is 18.3. The fraction of sp³-hybridized carbons (Fsp3) is 0.160. The first kappa shape index (κ1) is 35.3. The van der Waals surface area contributed by atoms with E-state index in [1.807, 2.05) is 36.4 Å². The van der Waals surface area contributed by atoms with Gasteiger partial charge in [0.25, 0.3) is 0 Å². The molecule has 0 unspecified atom stereocenters. The average Bonchev–Trinajstić information content (AvgIpc) is 3.17. The molecule has 264 valence electrons. The summed E-state index contributed by atoms with van der Waals surface area (Å²) in [7, 11) is 0. The zero-order chi connectivity index (χ0) is 36.8.